The van der Waals surface area contributed by atoms with Crippen molar-refractivity contribution in [2.45, 2.75) is 26.2 Å². The number of benzene rings is 1. The summed E-state index contributed by atoms with van der Waals surface area (Å²) in [4.78, 5) is 12.1. The van der Waals surface area contributed by atoms with Gasteiger partial charge in [-0.05, 0) is 62.4 Å². The standard InChI is InChI=1S/C16H24N2O2/c1-2-20-15-8-6-12(7-9-15)16(19)18-11-14-5-3-4-13(14)10-17/h6-9,13-14H,2-5,10-11,17H2,1H3,(H,18,19). The first kappa shape index (κ1) is 14.9. The summed E-state index contributed by atoms with van der Waals surface area (Å²) >= 11 is 0. The maximum absolute atomic E-state index is 12.1. The molecule has 0 spiro atoms. The third-order valence-corrected chi connectivity index (χ3v) is 4.07. The Bertz CT molecular complexity index is 431. The lowest BCUT2D eigenvalue weighted by atomic mass is 9.96. The van der Waals surface area contributed by atoms with E-state index in [1.807, 2.05) is 19.1 Å². The monoisotopic (exact) mass is 276 g/mol. The average molecular weight is 276 g/mol. The van der Waals surface area contributed by atoms with Gasteiger partial charge in [-0.15, -0.1) is 0 Å². The van der Waals surface area contributed by atoms with Gasteiger partial charge in [-0.25, -0.2) is 0 Å². The van der Waals surface area contributed by atoms with E-state index in [-0.39, 0.29) is 5.91 Å². The highest BCUT2D eigenvalue weighted by atomic mass is 16.5. The number of nitrogens with one attached hydrogen (secondary N) is 1. The number of hydrogen-bond acceptors (Lipinski definition) is 3. The van der Waals surface area contributed by atoms with Gasteiger partial charge in [0, 0.05) is 12.1 Å². The van der Waals surface area contributed by atoms with Crippen LogP contribution >= 0.6 is 0 Å². The zero-order valence-electron chi connectivity index (χ0n) is 12.1. The van der Waals surface area contributed by atoms with Crippen LogP contribution in [0.15, 0.2) is 24.3 Å². The molecule has 0 radical (unpaired) electrons. The molecule has 1 saturated carbocycles. The molecule has 1 amide bonds. The smallest absolute Gasteiger partial charge is 0.251 e. The molecule has 0 heterocycles. The zero-order valence-corrected chi connectivity index (χ0v) is 12.1. The van der Waals surface area contributed by atoms with E-state index in [2.05, 4.69) is 5.32 Å². The molecule has 0 aliphatic heterocycles. The number of nitrogens with two attached hydrogens (primary N) is 1. The van der Waals surface area contributed by atoms with Gasteiger partial charge in [0.15, 0.2) is 0 Å². The molecule has 4 nitrogen and oxygen atoms in total. The zero-order chi connectivity index (χ0) is 14.4. The summed E-state index contributed by atoms with van der Waals surface area (Å²) in [5.41, 5.74) is 6.44. The van der Waals surface area contributed by atoms with Gasteiger partial charge >= 0.3 is 0 Å². The van der Waals surface area contributed by atoms with E-state index >= 15 is 0 Å². The number of rotatable bonds is 6. The molecule has 2 unspecified atom stereocenters. The van der Waals surface area contributed by atoms with E-state index < -0.39 is 0 Å². The summed E-state index contributed by atoms with van der Waals surface area (Å²) in [6.07, 6.45) is 3.59. The predicted octanol–water partition coefficient (Wildman–Crippen LogP) is 2.19. The van der Waals surface area contributed by atoms with Crippen LogP contribution in [0.5, 0.6) is 5.75 Å². The van der Waals surface area contributed by atoms with Crippen LogP contribution in [0.2, 0.25) is 0 Å². The quantitative estimate of drug-likeness (QED) is 0.837. The van der Waals surface area contributed by atoms with Crippen molar-refractivity contribution in [3.63, 3.8) is 0 Å². The molecule has 0 aromatic heterocycles. The predicted molar refractivity (Wildman–Crippen MR) is 79.8 cm³/mol. The van der Waals surface area contributed by atoms with E-state index in [0.29, 0.717) is 24.0 Å². The van der Waals surface area contributed by atoms with Crippen LogP contribution < -0.4 is 15.8 Å². The molecule has 110 valence electrons. The lowest BCUT2D eigenvalue weighted by Gasteiger charge is -2.18. The molecule has 1 aliphatic rings. The fourth-order valence-electron chi connectivity index (χ4n) is 2.89. The minimum Gasteiger partial charge on any atom is -0.494 e. The molecule has 1 aliphatic carbocycles. The first-order chi connectivity index (χ1) is 9.74. The molecule has 1 aromatic rings. The van der Waals surface area contributed by atoms with Crippen molar-refractivity contribution in [1.29, 1.82) is 0 Å². The Morgan fingerprint density at radius 1 is 1.30 bits per heavy atom. The second-order valence-corrected chi connectivity index (χ2v) is 5.35. The molecule has 20 heavy (non-hydrogen) atoms. The molecule has 0 saturated heterocycles. The van der Waals surface area contributed by atoms with E-state index in [1.54, 1.807) is 12.1 Å². The molecular formula is C16H24N2O2. The highest BCUT2D eigenvalue weighted by molar-refractivity contribution is 5.94. The van der Waals surface area contributed by atoms with Crippen molar-refractivity contribution in [3.8, 4) is 5.75 Å². The third-order valence-electron chi connectivity index (χ3n) is 4.07. The fraction of sp³-hybridized carbons (Fsp3) is 0.562. The van der Waals surface area contributed by atoms with Crippen molar-refractivity contribution < 1.29 is 9.53 Å². The second kappa shape index (κ2) is 7.29. The Hall–Kier alpha value is -1.55. The maximum Gasteiger partial charge on any atom is 0.251 e. The summed E-state index contributed by atoms with van der Waals surface area (Å²) in [7, 11) is 0. The molecule has 1 fully saturated rings. The lowest BCUT2D eigenvalue weighted by molar-refractivity contribution is 0.0944. The van der Waals surface area contributed by atoms with Gasteiger partial charge in [0.25, 0.3) is 5.91 Å². The summed E-state index contributed by atoms with van der Waals surface area (Å²) in [6.45, 7) is 4.03. The Labute approximate surface area is 120 Å². The van der Waals surface area contributed by atoms with Gasteiger partial charge in [-0.2, -0.15) is 0 Å². The molecule has 1 aromatic carbocycles. The third kappa shape index (κ3) is 3.73. The van der Waals surface area contributed by atoms with E-state index in [0.717, 1.165) is 18.8 Å². The van der Waals surface area contributed by atoms with Gasteiger partial charge in [-0.1, -0.05) is 6.42 Å². The number of ether oxygens (including phenoxy) is 1. The fourth-order valence-corrected chi connectivity index (χ4v) is 2.89. The first-order valence-corrected chi connectivity index (χ1v) is 7.45. The van der Waals surface area contributed by atoms with Crippen molar-refractivity contribution in [1.82, 2.24) is 5.32 Å². The minimum atomic E-state index is -0.0179. The average Bonchev–Trinajstić information content (AvgIpc) is 2.93. The van der Waals surface area contributed by atoms with Crippen molar-refractivity contribution in [3.05, 3.63) is 29.8 Å². The van der Waals surface area contributed by atoms with Crippen LogP contribution in [0.4, 0.5) is 0 Å². The Balaban J connectivity index is 1.85. The van der Waals surface area contributed by atoms with Crippen LogP contribution in [0.1, 0.15) is 36.5 Å². The van der Waals surface area contributed by atoms with Gasteiger partial charge in [0.1, 0.15) is 5.75 Å². The Morgan fingerprint density at radius 3 is 2.65 bits per heavy atom. The van der Waals surface area contributed by atoms with Crippen molar-refractivity contribution in [2.24, 2.45) is 17.6 Å². The highest BCUT2D eigenvalue weighted by Gasteiger charge is 2.26. The minimum absolute atomic E-state index is 0.0179. The SMILES string of the molecule is CCOc1ccc(C(=O)NCC2CCCC2CN)cc1. The van der Waals surface area contributed by atoms with Gasteiger partial charge in [-0.3, -0.25) is 4.79 Å². The summed E-state index contributed by atoms with van der Waals surface area (Å²) in [6, 6.07) is 7.26. The highest BCUT2D eigenvalue weighted by Crippen LogP contribution is 2.30. The maximum atomic E-state index is 12.1. The van der Waals surface area contributed by atoms with Gasteiger partial charge in [0.05, 0.1) is 6.61 Å². The summed E-state index contributed by atoms with van der Waals surface area (Å²) in [5.74, 6) is 1.88. The van der Waals surface area contributed by atoms with Crippen LogP contribution in [0.3, 0.4) is 0 Å². The molecule has 0 bridgehead atoms. The Kier molecular flexibility index (Phi) is 5.41. The molecule has 2 rings (SSSR count). The number of hydrogen-bond donors (Lipinski definition) is 2. The number of carbonyl (C=O) groups excluding carboxylic acids is 1. The largest absolute Gasteiger partial charge is 0.494 e. The Morgan fingerprint density at radius 2 is 2.00 bits per heavy atom. The lowest BCUT2D eigenvalue weighted by Crippen LogP contribution is -2.32. The van der Waals surface area contributed by atoms with E-state index in [9.17, 15) is 4.79 Å². The normalized spacial score (nSPS) is 21.7. The first-order valence-electron chi connectivity index (χ1n) is 7.45. The molecule has 2 atom stereocenters. The van der Waals surface area contributed by atoms with E-state index in [1.165, 1.54) is 19.3 Å². The number of amides is 1. The van der Waals surface area contributed by atoms with Gasteiger partial charge in [0.2, 0.25) is 0 Å². The molecular weight excluding hydrogens is 252 g/mol. The van der Waals surface area contributed by atoms with Crippen LogP contribution in [-0.2, 0) is 0 Å². The van der Waals surface area contributed by atoms with Crippen LogP contribution in [-0.4, -0.2) is 25.6 Å². The number of carbonyl (C=O) groups is 1. The van der Waals surface area contributed by atoms with Gasteiger partial charge < -0.3 is 15.8 Å². The van der Waals surface area contributed by atoms with Crippen LogP contribution in [0.25, 0.3) is 0 Å². The topological polar surface area (TPSA) is 64.3 Å². The summed E-state index contributed by atoms with van der Waals surface area (Å²) < 4.78 is 5.36. The van der Waals surface area contributed by atoms with E-state index in [4.69, 9.17) is 10.5 Å². The molecule has 4 heteroatoms. The second-order valence-electron chi connectivity index (χ2n) is 5.35. The van der Waals surface area contributed by atoms with Crippen LogP contribution in [0, 0.1) is 11.8 Å². The van der Waals surface area contributed by atoms with Crippen molar-refractivity contribution >= 4 is 5.91 Å². The van der Waals surface area contributed by atoms with Crippen molar-refractivity contribution in [2.75, 3.05) is 19.7 Å². The summed E-state index contributed by atoms with van der Waals surface area (Å²) in [5, 5.41) is 3.02. The molecule has 3 N–H and O–H groups in total.